The fraction of sp³-hybridized carbons (Fsp3) is 0.500. The van der Waals surface area contributed by atoms with Gasteiger partial charge in [0.15, 0.2) is 0 Å². The van der Waals surface area contributed by atoms with E-state index in [-0.39, 0.29) is 12.2 Å². The molecule has 7 nitrogen and oxygen atoms in total. The molecule has 1 fully saturated rings. The molecule has 2 aromatic rings. The van der Waals surface area contributed by atoms with Crippen LogP contribution in [0.1, 0.15) is 18.1 Å². The van der Waals surface area contributed by atoms with E-state index in [4.69, 9.17) is 9.15 Å². The molecule has 7 heteroatoms. The number of aliphatic hydroxyl groups is 3. The summed E-state index contributed by atoms with van der Waals surface area (Å²) in [4.78, 5) is 11.9. The molecule has 0 bridgehead atoms. The third-order valence-electron chi connectivity index (χ3n) is 4.96. The molecule has 0 amide bonds. The Morgan fingerprint density at radius 2 is 1.88 bits per heavy atom. The van der Waals surface area contributed by atoms with Gasteiger partial charge >= 0.3 is 5.63 Å². The van der Waals surface area contributed by atoms with Crippen LogP contribution in [0.3, 0.4) is 0 Å². The third kappa shape index (κ3) is 3.16. The predicted molar refractivity (Wildman–Crippen MR) is 92.8 cm³/mol. The number of hydrogen-bond donors (Lipinski definition) is 4. The van der Waals surface area contributed by atoms with Crippen LogP contribution in [-0.2, 0) is 4.74 Å². The standard InChI is InChI=1S/C18H23NO6/c1-8-9(2)18(23)25-13-6-11(4-5-12(8)13)19-15-10(3)24-14(7-20)16(21)17(15)22/h4-6,10,14-17,19-22H,7H2,1-3H3. The van der Waals surface area contributed by atoms with Crippen LogP contribution in [0, 0.1) is 13.8 Å². The number of hydrogen-bond acceptors (Lipinski definition) is 7. The van der Waals surface area contributed by atoms with Gasteiger partial charge in [-0.3, -0.25) is 0 Å². The summed E-state index contributed by atoms with van der Waals surface area (Å²) in [5.74, 6) is 0. The maximum absolute atomic E-state index is 11.9. The fourth-order valence-electron chi connectivity index (χ4n) is 3.23. The Balaban J connectivity index is 1.90. The fourth-order valence-corrected chi connectivity index (χ4v) is 3.23. The molecule has 136 valence electrons. The molecule has 1 aliphatic heterocycles. The molecule has 1 aromatic carbocycles. The number of ether oxygens (including phenoxy) is 1. The Bertz CT molecular complexity index is 832. The topological polar surface area (TPSA) is 112 Å². The highest BCUT2D eigenvalue weighted by atomic mass is 16.5. The average Bonchev–Trinajstić information content (AvgIpc) is 2.59. The van der Waals surface area contributed by atoms with Crippen molar-refractivity contribution < 1.29 is 24.5 Å². The van der Waals surface area contributed by atoms with Gasteiger partial charge in [0.1, 0.15) is 23.9 Å². The number of aryl methyl sites for hydroxylation is 1. The monoisotopic (exact) mass is 349 g/mol. The largest absolute Gasteiger partial charge is 0.422 e. The first kappa shape index (κ1) is 17.9. The van der Waals surface area contributed by atoms with Gasteiger partial charge in [-0.05, 0) is 38.5 Å². The van der Waals surface area contributed by atoms with Crippen LogP contribution in [0.2, 0.25) is 0 Å². The lowest BCUT2D eigenvalue weighted by atomic mass is 9.93. The van der Waals surface area contributed by atoms with Gasteiger partial charge < -0.3 is 29.8 Å². The summed E-state index contributed by atoms with van der Waals surface area (Å²) in [5, 5.41) is 33.5. The van der Waals surface area contributed by atoms with Crippen molar-refractivity contribution in [2.45, 2.75) is 51.2 Å². The zero-order valence-electron chi connectivity index (χ0n) is 14.4. The summed E-state index contributed by atoms with van der Waals surface area (Å²) < 4.78 is 10.9. The van der Waals surface area contributed by atoms with Crippen LogP contribution in [-0.4, -0.2) is 52.4 Å². The SMILES string of the molecule is Cc1c(C)c2ccc(NC3C(C)OC(CO)C(O)C3O)cc2oc1=O. The number of anilines is 1. The van der Waals surface area contributed by atoms with E-state index in [1.165, 1.54) is 0 Å². The maximum atomic E-state index is 11.9. The highest BCUT2D eigenvalue weighted by Gasteiger charge is 2.42. The van der Waals surface area contributed by atoms with E-state index in [2.05, 4.69) is 5.32 Å². The lowest BCUT2D eigenvalue weighted by Gasteiger charge is -2.41. The second-order valence-electron chi connectivity index (χ2n) is 6.56. The Morgan fingerprint density at radius 3 is 2.56 bits per heavy atom. The van der Waals surface area contributed by atoms with Crippen molar-refractivity contribution >= 4 is 16.7 Å². The first-order valence-electron chi connectivity index (χ1n) is 8.26. The molecule has 3 rings (SSSR count). The van der Waals surface area contributed by atoms with E-state index in [0.717, 1.165) is 10.9 Å². The molecule has 25 heavy (non-hydrogen) atoms. The molecule has 5 unspecified atom stereocenters. The number of benzene rings is 1. The molecular formula is C18H23NO6. The molecule has 0 spiro atoms. The number of aliphatic hydroxyl groups excluding tert-OH is 3. The minimum atomic E-state index is -1.19. The summed E-state index contributed by atoms with van der Waals surface area (Å²) in [6, 6.07) is 4.77. The first-order chi connectivity index (χ1) is 11.8. The van der Waals surface area contributed by atoms with Crippen LogP contribution in [0.5, 0.6) is 0 Å². The summed E-state index contributed by atoms with van der Waals surface area (Å²) >= 11 is 0. The molecule has 4 N–H and O–H groups in total. The molecule has 2 heterocycles. The third-order valence-corrected chi connectivity index (χ3v) is 4.96. The Morgan fingerprint density at radius 1 is 1.16 bits per heavy atom. The average molecular weight is 349 g/mol. The van der Waals surface area contributed by atoms with Crippen molar-refractivity contribution in [1.82, 2.24) is 0 Å². The molecule has 5 atom stereocenters. The quantitative estimate of drug-likeness (QED) is 0.603. The Labute approximate surface area is 144 Å². The van der Waals surface area contributed by atoms with E-state index in [1.807, 2.05) is 19.1 Å². The van der Waals surface area contributed by atoms with Crippen molar-refractivity contribution in [3.8, 4) is 0 Å². The van der Waals surface area contributed by atoms with Crippen LogP contribution in [0.15, 0.2) is 27.4 Å². The Kier molecular flexibility index (Phi) is 4.83. The summed E-state index contributed by atoms with van der Waals surface area (Å²) in [7, 11) is 0. The maximum Gasteiger partial charge on any atom is 0.339 e. The van der Waals surface area contributed by atoms with Gasteiger partial charge in [-0.25, -0.2) is 4.79 Å². The molecule has 0 aliphatic carbocycles. The van der Waals surface area contributed by atoms with E-state index in [9.17, 15) is 20.1 Å². The van der Waals surface area contributed by atoms with E-state index in [0.29, 0.717) is 16.8 Å². The van der Waals surface area contributed by atoms with E-state index in [1.54, 1.807) is 19.9 Å². The van der Waals surface area contributed by atoms with Gasteiger partial charge in [-0.1, -0.05) is 0 Å². The van der Waals surface area contributed by atoms with Crippen LogP contribution in [0.25, 0.3) is 11.0 Å². The number of rotatable bonds is 3. The van der Waals surface area contributed by atoms with Crippen molar-refractivity contribution in [3.05, 3.63) is 39.7 Å². The number of nitrogens with one attached hydrogen (secondary N) is 1. The normalized spacial score (nSPS) is 29.8. The second kappa shape index (κ2) is 6.76. The van der Waals surface area contributed by atoms with Crippen molar-refractivity contribution in [3.63, 3.8) is 0 Å². The van der Waals surface area contributed by atoms with Gasteiger partial charge in [-0.2, -0.15) is 0 Å². The lowest BCUT2D eigenvalue weighted by molar-refractivity contribution is -0.180. The smallest absolute Gasteiger partial charge is 0.339 e. The minimum absolute atomic E-state index is 0.366. The molecule has 1 saturated heterocycles. The molecule has 1 aliphatic rings. The molecular weight excluding hydrogens is 326 g/mol. The van der Waals surface area contributed by atoms with Crippen LogP contribution >= 0.6 is 0 Å². The van der Waals surface area contributed by atoms with Gasteiger partial charge in [0.05, 0.1) is 18.8 Å². The van der Waals surface area contributed by atoms with Crippen molar-refractivity contribution in [2.24, 2.45) is 0 Å². The minimum Gasteiger partial charge on any atom is -0.422 e. The number of fused-ring (bicyclic) bond motifs is 1. The predicted octanol–water partition coefficient (Wildman–Crippen LogP) is 0.692. The van der Waals surface area contributed by atoms with Gasteiger partial charge in [0.25, 0.3) is 0 Å². The second-order valence-corrected chi connectivity index (χ2v) is 6.56. The van der Waals surface area contributed by atoms with E-state index < -0.39 is 30.5 Å². The zero-order chi connectivity index (χ0) is 18.3. The van der Waals surface area contributed by atoms with Gasteiger partial charge in [-0.15, -0.1) is 0 Å². The van der Waals surface area contributed by atoms with Crippen LogP contribution in [0.4, 0.5) is 5.69 Å². The summed E-state index contributed by atoms with van der Waals surface area (Å²) in [6.07, 6.45) is -3.55. The molecule has 0 radical (unpaired) electrons. The Hall–Kier alpha value is -1.93. The van der Waals surface area contributed by atoms with Crippen LogP contribution < -0.4 is 10.9 Å². The van der Waals surface area contributed by atoms with E-state index >= 15 is 0 Å². The first-order valence-corrected chi connectivity index (χ1v) is 8.26. The van der Waals surface area contributed by atoms with Gasteiger partial charge in [0, 0.05) is 22.7 Å². The lowest BCUT2D eigenvalue weighted by Crippen LogP contribution is -2.60. The van der Waals surface area contributed by atoms with Gasteiger partial charge in [0.2, 0.25) is 0 Å². The summed E-state index contributed by atoms with van der Waals surface area (Å²) in [5.41, 5.74) is 2.15. The highest BCUT2D eigenvalue weighted by molar-refractivity contribution is 5.84. The van der Waals surface area contributed by atoms with Crippen molar-refractivity contribution in [1.29, 1.82) is 0 Å². The summed E-state index contributed by atoms with van der Waals surface area (Å²) in [6.45, 7) is 4.98. The molecule has 1 aromatic heterocycles. The molecule has 0 saturated carbocycles. The highest BCUT2D eigenvalue weighted by Crippen LogP contribution is 2.27. The zero-order valence-corrected chi connectivity index (χ0v) is 14.4. The van der Waals surface area contributed by atoms with Crippen molar-refractivity contribution in [2.75, 3.05) is 11.9 Å².